The number of anilines is 1. The molecule has 1 amide bonds. The van der Waals surface area contributed by atoms with E-state index in [1.807, 2.05) is 79.4 Å². The first-order valence-corrected chi connectivity index (χ1v) is 12.1. The number of hydrogen-bond acceptors (Lipinski definition) is 5. The quantitative estimate of drug-likeness (QED) is 0.425. The van der Waals surface area contributed by atoms with Crippen molar-refractivity contribution in [2.24, 2.45) is 7.05 Å². The zero-order valence-corrected chi connectivity index (χ0v) is 20.9. The summed E-state index contributed by atoms with van der Waals surface area (Å²) in [6.07, 6.45) is 7.23. The van der Waals surface area contributed by atoms with Gasteiger partial charge in [-0.05, 0) is 39.3 Å². The molecule has 4 aromatic rings. The minimum atomic E-state index is -0.297. The number of ether oxygens (including phenoxy) is 1. The first-order valence-electron chi connectivity index (χ1n) is 12.1. The average molecular weight is 473 g/mol. The van der Waals surface area contributed by atoms with Crippen molar-refractivity contribution in [3.8, 4) is 11.1 Å². The number of aromatic nitrogens is 4. The van der Waals surface area contributed by atoms with E-state index in [2.05, 4.69) is 41.1 Å². The molecule has 8 nitrogen and oxygen atoms in total. The molecule has 35 heavy (non-hydrogen) atoms. The highest BCUT2D eigenvalue weighted by atomic mass is 16.6. The molecule has 1 aliphatic heterocycles. The summed E-state index contributed by atoms with van der Waals surface area (Å²) in [4.78, 5) is 17.3. The number of piperazine rings is 1. The fourth-order valence-electron chi connectivity index (χ4n) is 4.95. The molecular weight excluding hydrogens is 440 g/mol. The lowest BCUT2D eigenvalue weighted by Gasteiger charge is -2.44. The Morgan fingerprint density at radius 2 is 1.69 bits per heavy atom. The van der Waals surface area contributed by atoms with Crippen molar-refractivity contribution >= 4 is 17.3 Å². The first-order chi connectivity index (χ1) is 16.8. The van der Waals surface area contributed by atoms with Crippen molar-refractivity contribution in [2.45, 2.75) is 45.9 Å². The van der Waals surface area contributed by atoms with Crippen molar-refractivity contribution in [1.29, 1.82) is 0 Å². The van der Waals surface area contributed by atoms with Gasteiger partial charge < -0.3 is 9.64 Å². The van der Waals surface area contributed by atoms with Crippen LogP contribution in [0.4, 0.5) is 10.5 Å². The molecule has 3 aromatic heterocycles. The SMILES string of the molecule is Cc1ccc([C@@H](C)OC(=O)N2[C@H](C)CN(c3cnn4cc(-c5cnn(C)c5)ccc34)C[C@@H]2C)cc1. The number of nitrogens with zero attached hydrogens (tertiary/aromatic N) is 6. The summed E-state index contributed by atoms with van der Waals surface area (Å²) < 4.78 is 9.56. The van der Waals surface area contributed by atoms with Gasteiger partial charge in [0.1, 0.15) is 6.10 Å². The molecule has 4 heterocycles. The minimum Gasteiger partial charge on any atom is -0.441 e. The summed E-state index contributed by atoms with van der Waals surface area (Å²) in [6, 6.07) is 12.3. The number of hydrogen-bond donors (Lipinski definition) is 0. The van der Waals surface area contributed by atoms with Gasteiger partial charge in [-0.15, -0.1) is 0 Å². The third-order valence-electron chi connectivity index (χ3n) is 6.83. The molecule has 3 atom stereocenters. The zero-order valence-electron chi connectivity index (χ0n) is 20.9. The maximum Gasteiger partial charge on any atom is 0.410 e. The Morgan fingerprint density at radius 1 is 0.971 bits per heavy atom. The van der Waals surface area contributed by atoms with E-state index in [1.54, 1.807) is 4.68 Å². The molecule has 0 N–H and O–H groups in total. The van der Waals surface area contributed by atoms with Crippen LogP contribution in [0.15, 0.2) is 61.2 Å². The number of benzene rings is 1. The molecular formula is C27H32N6O2. The average Bonchev–Trinajstić information content (AvgIpc) is 3.44. The Hall–Kier alpha value is -3.81. The van der Waals surface area contributed by atoms with Crippen LogP contribution in [0.5, 0.6) is 0 Å². The van der Waals surface area contributed by atoms with Crippen LogP contribution < -0.4 is 4.90 Å². The standard InChI is InChI=1S/C27H32N6O2/c1-18-6-8-22(9-7-18)21(4)35-27(34)33-19(2)14-31(15-20(33)3)26-13-29-32-17-23(10-11-25(26)32)24-12-28-30(5)16-24/h6-13,16-17,19-21H,14-15H2,1-5H3/t19-,20+,21-/m1/s1. The van der Waals surface area contributed by atoms with Gasteiger partial charge in [-0.2, -0.15) is 10.2 Å². The maximum absolute atomic E-state index is 13.1. The lowest BCUT2D eigenvalue weighted by Crippen LogP contribution is -2.59. The summed E-state index contributed by atoms with van der Waals surface area (Å²) in [5.74, 6) is 0. The Balaban J connectivity index is 1.30. The van der Waals surface area contributed by atoms with E-state index in [0.29, 0.717) is 13.1 Å². The molecule has 1 aliphatic rings. The smallest absolute Gasteiger partial charge is 0.410 e. The van der Waals surface area contributed by atoms with Gasteiger partial charge in [0.25, 0.3) is 0 Å². The topological polar surface area (TPSA) is 67.9 Å². The van der Waals surface area contributed by atoms with E-state index in [0.717, 1.165) is 27.9 Å². The van der Waals surface area contributed by atoms with Crippen LogP contribution in [0.3, 0.4) is 0 Å². The zero-order chi connectivity index (χ0) is 24.7. The van der Waals surface area contributed by atoms with Crippen LogP contribution >= 0.6 is 0 Å². The van der Waals surface area contributed by atoms with Gasteiger partial charge in [-0.1, -0.05) is 35.9 Å². The van der Waals surface area contributed by atoms with Crippen molar-refractivity contribution in [3.63, 3.8) is 0 Å². The fourth-order valence-corrected chi connectivity index (χ4v) is 4.95. The molecule has 8 heteroatoms. The minimum absolute atomic E-state index is 0.00100. The Bertz CT molecular complexity index is 1330. The molecule has 0 bridgehead atoms. The van der Waals surface area contributed by atoms with Crippen molar-refractivity contribution in [1.82, 2.24) is 24.3 Å². The number of fused-ring (bicyclic) bond motifs is 1. The number of pyridine rings is 1. The van der Waals surface area contributed by atoms with Crippen LogP contribution in [0, 0.1) is 6.92 Å². The number of aryl methyl sites for hydroxylation is 2. The lowest BCUT2D eigenvalue weighted by atomic mass is 10.1. The number of carbonyl (C=O) groups excluding carboxylic acids is 1. The van der Waals surface area contributed by atoms with Crippen LogP contribution in [0.1, 0.15) is 38.0 Å². The number of amides is 1. The molecule has 1 aromatic carbocycles. The third-order valence-corrected chi connectivity index (χ3v) is 6.83. The Kier molecular flexibility index (Phi) is 5.96. The van der Waals surface area contributed by atoms with Crippen molar-refractivity contribution in [3.05, 3.63) is 72.3 Å². The normalized spacial score (nSPS) is 19.2. The summed E-state index contributed by atoms with van der Waals surface area (Å²) >= 11 is 0. The van der Waals surface area contributed by atoms with Gasteiger partial charge in [0.05, 0.1) is 35.7 Å². The summed E-state index contributed by atoms with van der Waals surface area (Å²) in [5.41, 5.74) is 6.42. The van der Waals surface area contributed by atoms with E-state index >= 15 is 0 Å². The second-order valence-electron chi connectivity index (χ2n) is 9.63. The van der Waals surface area contributed by atoms with E-state index in [9.17, 15) is 4.79 Å². The Morgan fingerprint density at radius 3 is 2.34 bits per heavy atom. The molecule has 0 saturated carbocycles. The highest BCUT2D eigenvalue weighted by molar-refractivity contribution is 5.76. The molecule has 0 unspecified atom stereocenters. The molecule has 182 valence electrons. The first kappa shape index (κ1) is 23.0. The monoisotopic (exact) mass is 472 g/mol. The van der Waals surface area contributed by atoms with Crippen LogP contribution in [-0.4, -0.2) is 55.6 Å². The van der Waals surface area contributed by atoms with Crippen molar-refractivity contribution < 1.29 is 9.53 Å². The lowest BCUT2D eigenvalue weighted by molar-refractivity contribution is 0.0412. The van der Waals surface area contributed by atoms with Gasteiger partial charge in [0, 0.05) is 43.7 Å². The highest BCUT2D eigenvalue weighted by Crippen LogP contribution is 2.29. The fraction of sp³-hybridized carbons (Fsp3) is 0.370. The molecule has 5 rings (SSSR count). The maximum atomic E-state index is 13.1. The van der Waals surface area contributed by atoms with Crippen molar-refractivity contribution in [2.75, 3.05) is 18.0 Å². The van der Waals surface area contributed by atoms with E-state index in [-0.39, 0.29) is 24.3 Å². The largest absolute Gasteiger partial charge is 0.441 e. The number of rotatable bonds is 4. The summed E-state index contributed by atoms with van der Waals surface area (Å²) in [5, 5.41) is 8.88. The number of carbonyl (C=O) groups is 1. The second-order valence-corrected chi connectivity index (χ2v) is 9.63. The van der Waals surface area contributed by atoms with Gasteiger partial charge in [-0.25, -0.2) is 9.31 Å². The Labute approximate surface area is 205 Å². The summed E-state index contributed by atoms with van der Waals surface area (Å²) in [7, 11) is 1.91. The molecule has 0 aliphatic carbocycles. The van der Waals surface area contributed by atoms with Gasteiger partial charge in [0.15, 0.2) is 0 Å². The molecule has 1 saturated heterocycles. The van der Waals surface area contributed by atoms with Crippen LogP contribution in [0.25, 0.3) is 16.6 Å². The summed E-state index contributed by atoms with van der Waals surface area (Å²) in [6.45, 7) is 9.55. The van der Waals surface area contributed by atoms with Crippen LogP contribution in [-0.2, 0) is 11.8 Å². The van der Waals surface area contributed by atoms with E-state index in [1.165, 1.54) is 5.56 Å². The van der Waals surface area contributed by atoms with E-state index in [4.69, 9.17) is 4.74 Å². The predicted molar refractivity (Wildman–Crippen MR) is 136 cm³/mol. The predicted octanol–water partition coefficient (Wildman–Crippen LogP) is 4.84. The second kappa shape index (κ2) is 9.09. The van der Waals surface area contributed by atoms with Gasteiger partial charge >= 0.3 is 6.09 Å². The highest BCUT2D eigenvalue weighted by Gasteiger charge is 2.35. The van der Waals surface area contributed by atoms with E-state index < -0.39 is 0 Å². The van der Waals surface area contributed by atoms with Gasteiger partial charge in [0.2, 0.25) is 0 Å². The molecule has 0 radical (unpaired) electrons. The van der Waals surface area contributed by atoms with Crippen LogP contribution in [0.2, 0.25) is 0 Å². The molecule has 1 fully saturated rings. The third kappa shape index (κ3) is 4.48. The molecule has 0 spiro atoms. The van der Waals surface area contributed by atoms with Gasteiger partial charge in [-0.3, -0.25) is 9.58 Å².